The third-order valence-corrected chi connectivity index (χ3v) is 5.10. The molecule has 2 aromatic rings. The maximum absolute atomic E-state index is 12.7. The molecule has 1 heterocycles. The van der Waals surface area contributed by atoms with Crippen molar-refractivity contribution in [2.75, 3.05) is 12.4 Å². The van der Waals surface area contributed by atoms with E-state index >= 15 is 0 Å². The van der Waals surface area contributed by atoms with Crippen molar-refractivity contribution >= 4 is 39.3 Å². The number of rotatable bonds is 6. The van der Waals surface area contributed by atoms with Gasteiger partial charge in [0.25, 0.3) is 0 Å². The van der Waals surface area contributed by atoms with Crippen LogP contribution in [0, 0.1) is 13.8 Å². The van der Waals surface area contributed by atoms with Crippen LogP contribution in [0.3, 0.4) is 0 Å². The minimum Gasteiger partial charge on any atom is -0.467 e. The Labute approximate surface area is 184 Å². The minimum atomic E-state index is -0.995. The standard InChI is InChI=1S/C22H25BrClNO4/c1-12-17(14-7-9-15(24)10-8-14)18(13(2)25-19(12)16(26)11-23)20(21(27)28-6)29-22(3,4)5/h7-10,20H,11H2,1-6H3/t20-/m0/s1. The minimum absolute atomic E-state index is 0.140. The molecular weight excluding hydrogens is 458 g/mol. The van der Waals surface area contributed by atoms with Crippen LogP contribution in [0.5, 0.6) is 0 Å². The van der Waals surface area contributed by atoms with Gasteiger partial charge in [0.2, 0.25) is 0 Å². The molecule has 0 unspecified atom stereocenters. The summed E-state index contributed by atoms with van der Waals surface area (Å²) in [7, 11) is 1.32. The average Bonchev–Trinajstić information content (AvgIpc) is 2.66. The molecule has 0 N–H and O–H groups in total. The van der Waals surface area contributed by atoms with Crippen molar-refractivity contribution in [3.05, 3.63) is 51.8 Å². The summed E-state index contributed by atoms with van der Waals surface area (Å²) in [5.41, 5.74) is 3.06. The van der Waals surface area contributed by atoms with E-state index in [1.54, 1.807) is 19.1 Å². The quantitative estimate of drug-likeness (QED) is 0.303. The van der Waals surface area contributed by atoms with Gasteiger partial charge in [0.1, 0.15) is 5.69 Å². The molecule has 0 bridgehead atoms. The molecule has 0 aliphatic rings. The van der Waals surface area contributed by atoms with Crippen LogP contribution in [0.4, 0.5) is 0 Å². The van der Waals surface area contributed by atoms with Gasteiger partial charge in [-0.3, -0.25) is 4.79 Å². The molecule has 0 saturated heterocycles. The highest BCUT2D eigenvalue weighted by atomic mass is 79.9. The highest BCUT2D eigenvalue weighted by molar-refractivity contribution is 9.09. The molecule has 0 aliphatic carbocycles. The van der Waals surface area contributed by atoms with Gasteiger partial charge >= 0.3 is 5.97 Å². The van der Waals surface area contributed by atoms with Crippen molar-refractivity contribution in [1.82, 2.24) is 4.98 Å². The number of ether oxygens (including phenoxy) is 2. The van der Waals surface area contributed by atoms with Gasteiger partial charge in [-0.15, -0.1) is 0 Å². The molecule has 2 rings (SSSR count). The number of esters is 1. The van der Waals surface area contributed by atoms with Gasteiger partial charge in [0.05, 0.1) is 18.0 Å². The molecule has 1 aromatic carbocycles. The lowest BCUT2D eigenvalue weighted by Crippen LogP contribution is -2.30. The summed E-state index contributed by atoms with van der Waals surface area (Å²) in [5, 5.41) is 0.740. The number of aryl methyl sites for hydroxylation is 1. The van der Waals surface area contributed by atoms with E-state index in [1.165, 1.54) is 7.11 Å². The Kier molecular flexibility index (Phi) is 7.60. The smallest absolute Gasteiger partial charge is 0.339 e. The highest BCUT2D eigenvalue weighted by Crippen LogP contribution is 2.38. The average molecular weight is 483 g/mol. The molecule has 0 aliphatic heterocycles. The number of carbonyl (C=O) groups excluding carboxylic acids is 2. The van der Waals surface area contributed by atoms with Crippen molar-refractivity contribution in [2.24, 2.45) is 0 Å². The molecule has 5 nitrogen and oxygen atoms in total. The maximum Gasteiger partial charge on any atom is 0.339 e. The van der Waals surface area contributed by atoms with E-state index in [4.69, 9.17) is 21.1 Å². The van der Waals surface area contributed by atoms with E-state index < -0.39 is 17.7 Å². The zero-order valence-electron chi connectivity index (χ0n) is 17.4. The van der Waals surface area contributed by atoms with Crippen molar-refractivity contribution in [3.63, 3.8) is 0 Å². The first-order valence-electron chi connectivity index (χ1n) is 9.12. The van der Waals surface area contributed by atoms with Gasteiger partial charge in [0.15, 0.2) is 11.9 Å². The second-order valence-corrected chi connectivity index (χ2v) is 8.65. The summed E-state index contributed by atoms with van der Waals surface area (Å²) in [6.07, 6.45) is -0.995. The predicted octanol–water partition coefficient (Wildman–Crippen LogP) is 5.63. The number of carbonyl (C=O) groups is 2. The molecular formula is C22H25BrClNO4. The Balaban J connectivity index is 2.88. The van der Waals surface area contributed by atoms with Crippen LogP contribution in [-0.2, 0) is 14.3 Å². The number of Topliss-reactive ketones (excluding diaryl/α,β-unsaturated/α-hetero) is 1. The number of aromatic nitrogens is 1. The van der Waals surface area contributed by atoms with Crippen LogP contribution in [-0.4, -0.2) is 34.8 Å². The molecule has 1 aromatic heterocycles. The van der Waals surface area contributed by atoms with Gasteiger partial charge < -0.3 is 9.47 Å². The number of alkyl halides is 1. The highest BCUT2D eigenvalue weighted by Gasteiger charge is 2.34. The van der Waals surface area contributed by atoms with Gasteiger partial charge in [-0.25, -0.2) is 9.78 Å². The van der Waals surface area contributed by atoms with Gasteiger partial charge in [-0.1, -0.05) is 39.7 Å². The Morgan fingerprint density at radius 3 is 2.24 bits per heavy atom. The number of benzene rings is 1. The number of halogens is 2. The lowest BCUT2D eigenvalue weighted by atomic mass is 9.89. The summed E-state index contributed by atoms with van der Waals surface area (Å²) in [4.78, 5) is 29.7. The summed E-state index contributed by atoms with van der Waals surface area (Å²) in [6, 6.07) is 7.22. The van der Waals surface area contributed by atoms with Crippen molar-refractivity contribution in [2.45, 2.75) is 46.3 Å². The first kappa shape index (κ1) is 23.5. The maximum atomic E-state index is 12.7. The van der Waals surface area contributed by atoms with E-state index in [-0.39, 0.29) is 11.1 Å². The number of methoxy groups -OCH3 is 1. The number of pyridine rings is 1. The summed E-state index contributed by atoms with van der Waals surface area (Å²) < 4.78 is 11.1. The fourth-order valence-corrected chi connectivity index (χ4v) is 3.53. The van der Waals surface area contributed by atoms with Gasteiger partial charge in [-0.2, -0.15) is 0 Å². The fraction of sp³-hybridized carbons (Fsp3) is 0.409. The van der Waals surface area contributed by atoms with E-state index in [2.05, 4.69) is 20.9 Å². The topological polar surface area (TPSA) is 65.5 Å². The molecule has 0 radical (unpaired) electrons. The second-order valence-electron chi connectivity index (χ2n) is 7.66. The van der Waals surface area contributed by atoms with Crippen LogP contribution in [0.25, 0.3) is 11.1 Å². The predicted molar refractivity (Wildman–Crippen MR) is 118 cm³/mol. The molecule has 0 amide bonds. The van der Waals surface area contributed by atoms with Gasteiger partial charge in [0, 0.05) is 16.3 Å². The lowest BCUT2D eigenvalue weighted by molar-refractivity contribution is -0.164. The van der Waals surface area contributed by atoms with E-state index in [0.717, 1.165) is 11.1 Å². The van der Waals surface area contributed by atoms with Crippen LogP contribution in [0.1, 0.15) is 54.2 Å². The van der Waals surface area contributed by atoms with Gasteiger partial charge in [-0.05, 0) is 63.4 Å². The summed E-state index contributed by atoms with van der Waals surface area (Å²) >= 11 is 9.28. The normalized spacial score (nSPS) is 12.6. The molecule has 1 atom stereocenters. The largest absolute Gasteiger partial charge is 0.467 e. The Morgan fingerprint density at radius 1 is 1.17 bits per heavy atom. The molecule has 0 fully saturated rings. The second kappa shape index (κ2) is 9.37. The molecule has 7 heteroatoms. The van der Waals surface area contributed by atoms with Crippen LogP contribution in [0.2, 0.25) is 5.02 Å². The third kappa shape index (κ3) is 5.44. The molecule has 0 spiro atoms. The van der Waals surface area contributed by atoms with E-state index in [1.807, 2.05) is 39.8 Å². The Bertz CT molecular complexity index is 920. The van der Waals surface area contributed by atoms with Crippen molar-refractivity contribution < 1.29 is 19.1 Å². The van der Waals surface area contributed by atoms with E-state index in [0.29, 0.717) is 27.5 Å². The fourth-order valence-electron chi connectivity index (χ4n) is 3.14. The Morgan fingerprint density at radius 2 is 1.76 bits per heavy atom. The Hall–Kier alpha value is -1.76. The zero-order chi connectivity index (χ0) is 21.9. The first-order valence-corrected chi connectivity index (χ1v) is 10.6. The monoisotopic (exact) mass is 481 g/mol. The van der Waals surface area contributed by atoms with Crippen molar-refractivity contribution in [1.29, 1.82) is 0 Å². The zero-order valence-corrected chi connectivity index (χ0v) is 19.8. The molecule has 0 saturated carbocycles. The number of nitrogens with zero attached hydrogens (tertiary/aromatic N) is 1. The third-order valence-electron chi connectivity index (χ3n) is 4.34. The SMILES string of the molecule is COC(=O)[C@@H](OC(C)(C)C)c1c(C)nc(C(=O)CBr)c(C)c1-c1ccc(Cl)cc1. The van der Waals surface area contributed by atoms with Crippen LogP contribution in [0.15, 0.2) is 24.3 Å². The van der Waals surface area contributed by atoms with E-state index in [9.17, 15) is 9.59 Å². The number of ketones is 1. The lowest BCUT2D eigenvalue weighted by Gasteiger charge is -2.29. The number of hydrogen-bond acceptors (Lipinski definition) is 5. The molecule has 29 heavy (non-hydrogen) atoms. The summed E-state index contributed by atoms with van der Waals surface area (Å²) in [6.45, 7) is 9.18. The van der Waals surface area contributed by atoms with Crippen LogP contribution < -0.4 is 0 Å². The van der Waals surface area contributed by atoms with Crippen LogP contribution >= 0.6 is 27.5 Å². The first-order chi connectivity index (χ1) is 13.5. The molecule has 156 valence electrons. The number of hydrogen-bond donors (Lipinski definition) is 0. The summed E-state index contributed by atoms with van der Waals surface area (Å²) in [5.74, 6) is -0.669. The van der Waals surface area contributed by atoms with Crippen molar-refractivity contribution in [3.8, 4) is 11.1 Å².